The fourth-order valence-corrected chi connectivity index (χ4v) is 1.77. The Morgan fingerprint density at radius 3 is 2.81 bits per heavy atom. The average molecular weight is 243 g/mol. The van der Waals surface area contributed by atoms with Crippen molar-refractivity contribution in [1.29, 1.82) is 0 Å². The molecule has 0 saturated carbocycles. The highest BCUT2D eigenvalue weighted by Gasteiger charge is 2.07. The van der Waals surface area contributed by atoms with Crippen LogP contribution in [0.5, 0.6) is 5.75 Å². The number of thioether (sulfide) groups is 1. The van der Waals surface area contributed by atoms with E-state index in [1.165, 1.54) is 6.07 Å². The van der Waals surface area contributed by atoms with Gasteiger partial charge in [0.2, 0.25) is 0 Å². The molecule has 0 aliphatic heterocycles. The van der Waals surface area contributed by atoms with Gasteiger partial charge in [-0.05, 0) is 31.4 Å². The third-order valence-corrected chi connectivity index (χ3v) is 2.92. The van der Waals surface area contributed by atoms with Crippen LogP contribution < -0.4 is 10.5 Å². The van der Waals surface area contributed by atoms with Crippen LogP contribution in [-0.4, -0.2) is 18.6 Å². The number of hydrogen-bond donors (Lipinski definition) is 1. The summed E-state index contributed by atoms with van der Waals surface area (Å²) in [5, 5.41) is 0. The highest BCUT2D eigenvalue weighted by atomic mass is 32.2. The Labute approximate surface area is 100 Å². The summed E-state index contributed by atoms with van der Waals surface area (Å²) in [5.41, 5.74) is 6.15. The second kappa shape index (κ2) is 6.76. The number of rotatable bonds is 6. The summed E-state index contributed by atoms with van der Waals surface area (Å²) in [6, 6.07) is 4.56. The summed E-state index contributed by atoms with van der Waals surface area (Å²) in [5.74, 6) is 1.33. The van der Waals surface area contributed by atoms with E-state index in [1.807, 2.05) is 0 Å². The lowest BCUT2D eigenvalue weighted by molar-refractivity contribution is 0.316. The molecule has 1 aromatic carbocycles. The van der Waals surface area contributed by atoms with Gasteiger partial charge in [-0.3, -0.25) is 0 Å². The van der Waals surface area contributed by atoms with Gasteiger partial charge in [-0.15, -0.1) is 0 Å². The van der Waals surface area contributed by atoms with Crippen LogP contribution in [-0.2, 0) is 0 Å². The van der Waals surface area contributed by atoms with Crippen molar-refractivity contribution in [3.05, 3.63) is 29.6 Å². The molecule has 90 valence electrons. The monoisotopic (exact) mass is 243 g/mol. The third-order valence-electron chi connectivity index (χ3n) is 2.22. The van der Waals surface area contributed by atoms with Crippen LogP contribution in [0.15, 0.2) is 18.2 Å². The lowest BCUT2D eigenvalue weighted by Crippen LogP contribution is -2.07. The highest BCUT2D eigenvalue weighted by Crippen LogP contribution is 2.20. The fourth-order valence-electron chi connectivity index (χ4n) is 1.36. The summed E-state index contributed by atoms with van der Waals surface area (Å²) in [4.78, 5) is 0. The fraction of sp³-hybridized carbons (Fsp3) is 0.500. The van der Waals surface area contributed by atoms with E-state index in [4.69, 9.17) is 10.5 Å². The van der Waals surface area contributed by atoms with E-state index in [0.717, 1.165) is 12.2 Å². The zero-order valence-electron chi connectivity index (χ0n) is 9.70. The van der Waals surface area contributed by atoms with Gasteiger partial charge in [-0.2, -0.15) is 11.8 Å². The van der Waals surface area contributed by atoms with Crippen molar-refractivity contribution in [3.8, 4) is 5.75 Å². The van der Waals surface area contributed by atoms with Gasteiger partial charge in [-0.25, -0.2) is 4.39 Å². The molecule has 16 heavy (non-hydrogen) atoms. The second-order valence-corrected chi connectivity index (χ2v) is 4.65. The molecule has 0 aliphatic carbocycles. The molecule has 2 nitrogen and oxygen atoms in total. The Kier molecular flexibility index (Phi) is 5.63. The maximum atomic E-state index is 13.5. The molecule has 4 heteroatoms. The predicted molar refractivity (Wildman–Crippen MR) is 67.5 cm³/mol. The molecule has 0 bridgehead atoms. The van der Waals surface area contributed by atoms with Crippen LogP contribution in [0.25, 0.3) is 0 Å². The summed E-state index contributed by atoms with van der Waals surface area (Å²) in [6.07, 6.45) is 3.02. The minimum absolute atomic E-state index is 0.287. The number of benzene rings is 1. The SMILES string of the molecule is CSCCCOc1ccc([C@H](C)N)c(F)c1. The molecule has 0 unspecified atom stereocenters. The third kappa shape index (κ3) is 4.02. The molecule has 0 spiro atoms. The number of hydrogen-bond acceptors (Lipinski definition) is 3. The number of nitrogens with two attached hydrogens (primary N) is 1. The topological polar surface area (TPSA) is 35.2 Å². The number of halogens is 1. The summed E-state index contributed by atoms with van der Waals surface area (Å²) in [7, 11) is 0. The van der Waals surface area contributed by atoms with Crippen molar-refractivity contribution < 1.29 is 9.13 Å². The first-order chi connectivity index (χ1) is 7.65. The molecular formula is C12H18FNOS. The highest BCUT2D eigenvalue weighted by molar-refractivity contribution is 7.98. The molecule has 2 N–H and O–H groups in total. The largest absolute Gasteiger partial charge is 0.493 e. The van der Waals surface area contributed by atoms with Crippen LogP contribution in [0.3, 0.4) is 0 Å². The van der Waals surface area contributed by atoms with Gasteiger partial charge in [0, 0.05) is 17.7 Å². The zero-order valence-corrected chi connectivity index (χ0v) is 10.5. The van der Waals surface area contributed by atoms with Crippen LogP contribution in [0.2, 0.25) is 0 Å². The number of ether oxygens (including phenoxy) is 1. The zero-order chi connectivity index (χ0) is 12.0. The maximum absolute atomic E-state index is 13.5. The Bertz CT molecular complexity index is 331. The van der Waals surface area contributed by atoms with Gasteiger partial charge in [-0.1, -0.05) is 6.07 Å². The lowest BCUT2D eigenvalue weighted by atomic mass is 10.1. The summed E-state index contributed by atoms with van der Waals surface area (Å²) >= 11 is 1.78. The summed E-state index contributed by atoms with van der Waals surface area (Å²) < 4.78 is 18.9. The molecule has 1 rings (SSSR count). The smallest absolute Gasteiger partial charge is 0.131 e. The lowest BCUT2D eigenvalue weighted by Gasteiger charge is -2.10. The Morgan fingerprint density at radius 1 is 1.50 bits per heavy atom. The van der Waals surface area contributed by atoms with Crippen molar-refractivity contribution in [2.45, 2.75) is 19.4 Å². The second-order valence-electron chi connectivity index (χ2n) is 3.67. The van der Waals surface area contributed by atoms with Gasteiger partial charge in [0.25, 0.3) is 0 Å². The molecule has 0 amide bonds. The van der Waals surface area contributed by atoms with Crippen molar-refractivity contribution in [2.75, 3.05) is 18.6 Å². The average Bonchev–Trinajstić information content (AvgIpc) is 2.24. The van der Waals surface area contributed by atoms with Crippen molar-refractivity contribution in [3.63, 3.8) is 0 Å². The molecule has 0 fully saturated rings. The first-order valence-electron chi connectivity index (χ1n) is 5.32. The minimum atomic E-state index is -0.294. The van der Waals surface area contributed by atoms with Gasteiger partial charge < -0.3 is 10.5 Å². The van der Waals surface area contributed by atoms with Crippen LogP contribution in [0, 0.1) is 5.82 Å². The Morgan fingerprint density at radius 2 is 2.25 bits per heavy atom. The molecule has 0 aliphatic rings. The van der Waals surface area contributed by atoms with Gasteiger partial charge in [0.15, 0.2) is 0 Å². The first-order valence-corrected chi connectivity index (χ1v) is 6.71. The molecule has 1 aromatic rings. The Hall–Kier alpha value is -0.740. The van der Waals surface area contributed by atoms with Gasteiger partial charge >= 0.3 is 0 Å². The van der Waals surface area contributed by atoms with E-state index < -0.39 is 0 Å². The van der Waals surface area contributed by atoms with E-state index in [0.29, 0.717) is 17.9 Å². The van der Waals surface area contributed by atoms with Gasteiger partial charge in [0.1, 0.15) is 11.6 Å². The Balaban J connectivity index is 2.53. The van der Waals surface area contributed by atoms with Crippen molar-refractivity contribution >= 4 is 11.8 Å². The first kappa shape index (κ1) is 13.3. The molecule has 1 atom stereocenters. The van der Waals surface area contributed by atoms with Gasteiger partial charge in [0.05, 0.1) is 6.61 Å². The minimum Gasteiger partial charge on any atom is -0.493 e. The molecule has 0 aromatic heterocycles. The predicted octanol–water partition coefficient (Wildman–Crippen LogP) is 2.98. The van der Waals surface area contributed by atoms with E-state index in [9.17, 15) is 4.39 Å². The normalized spacial score (nSPS) is 12.5. The molecule has 0 saturated heterocycles. The van der Waals surface area contributed by atoms with Crippen LogP contribution >= 0.6 is 11.8 Å². The summed E-state index contributed by atoms with van der Waals surface area (Å²) in [6.45, 7) is 2.38. The van der Waals surface area contributed by atoms with Crippen LogP contribution in [0.4, 0.5) is 4.39 Å². The molecule has 0 radical (unpaired) electrons. The molecule has 0 heterocycles. The molecular weight excluding hydrogens is 225 g/mol. The van der Waals surface area contributed by atoms with E-state index in [2.05, 4.69) is 6.26 Å². The van der Waals surface area contributed by atoms with Crippen molar-refractivity contribution in [2.24, 2.45) is 5.73 Å². The van der Waals surface area contributed by atoms with E-state index in [1.54, 1.807) is 30.8 Å². The van der Waals surface area contributed by atoms with Crippen LogP contribution in [0.1, 0.15) is 24.9 Å². The van der Waals surface area contributed by atoms with Crippen molar-refractivity contribution in [1.82, 2.24) is 0 Å². The van der Waals surface area contributed by atoms with E-state index >= 15 is 0 Å². The standard InChI is InChI=1S/C12H18FNOS/c1-9(14)11-5-4-10(8-12(11)13)15-6-3-7-16-2/h4-5,8-9H,3,6-7,14H2,1-2H3/t9-/m0/s1. The maximum Gasteiger partial charge on any atom is 0.131 e. The quantitative estimate of drug-likeness (QED) is 0.780. The van der Waals surface area contributed by atoms with E-state index in [-0.39, 0.29) is 11.9 Å².